The number of rotatable bonds is 6. The fourth-order valence-corrected chi connectivity index (χ4v) is 3.45. The predicted octanol–water partition coefficient (Wildman–Crippen LogP) is 2.44. The van der Waals surface area contributed by atoms with E-state index in [-0.39, 0.29) is 4.90 Å². The molecule has 0 aliphatic carbocycles. The number of sulfonamides is 1. The maximum atomic E-state index is 12.2. The molecule has 2 N–H and O–H groups in total. The van der Waals surface area contributed by atoms with Gasteiger partial charge in [-0.2, -0.15) is 0 Å². The summed E-state index contributed by atoms with van der Waals surface area (Å²) in [5, 5.41) is 5.35. The molecule has 1 aromatic heterocycles. The number of anilines is 1. The minimum absolute atomic E-state index is 0.246. The number of hydrogen-bond donors (Lipinski definition) is 2. The standard InChI is InChI=1S/C13H17N3O2S2/c1-10(2)15-9-11-4-3-5-12(8-11)20(17,18)16-13-14-6-7-19-13/h3-8,10,15H,9H2,1-2H3,(H,14,16). The largest absolute Gasteiger partial charge is 0.310 e. The Morgan fingerprint density at radius 1 is 1.35 bits per heavy atom. The molecule has 7 heteroatoms. The van der Waals surface area contributed by atoms with E-state index >= 15 is 0 Å². The van der Waals surface area contributed by atoms with Crippen molar-refractivity contribution in [3.63, 3.8) is 0 Å². The first-order chi connectivity index (χ1) is 9.47. The van der Waals surface area contributed by atoms with E-state index in [1.54, 1.807) is 29.8 Å². The zero-order chi connectivity index (χ0) is 14.6. The van der Waals surface area contributed by atoms with Crippen LogP contribution in [0.25, 0.3) is 0 Å². The van der Waals surface area contributed by atoms with E-state index in [1.165, 1.54) is 11.3 Å². The summed E-state index contributed by atoms with van der Waals surface area (Å²) < 4.78 is 26.9. The molecule has 0 saturated carbocycles. The highest BCUT2D eigenvalue weighted by Crippen LogP contribution is 2.18. The molecule has 2 aromatic rings. The van der Waals surface area contributed by atoms with Crippen LogP contribution in [0.2, 0.25) is 0 Å². The molecule has 0 saturated heterocycles. The number of thiazole rings is 1. The highest BCUT2D eigenvalue weighted by atomic mass is 32.2. The van der Waals surface area contributed by atoms with Crippen LogP contribution in [0.3, 0.4) is 0 Å². The van der Waals surface area contributed by atoms with Gasteiger partial charge in [-0.15, -0.1) is 11.3 Å². The molecule has 0 aliphatic rings. The molecule has 0 bridgehead atoms. The van der Waals surface area contributed by atoms with Crippen molar-refractivity contribution in [2.24, 2.45) is 0 Å². The van der Waals surface area contributed by atoms with Crippen molar-refractivity contribution in [1.82, 2.24) is 10.3 Å². The summed E-state index contributed by atoms with van der Waals surface area (Å²) in [4.78, 5) is 4.17. The summed E-state index contributed by atoms with van der Waals surface area (Å²) in [6, 6.07) is 7.25. The number of hydrogen-bond acceptors (Lipinski definition) is 5. The lowest BCUT2D eigenvalue weighted by atomic mass is 10.2. The number of nitrogens with one attached hydrogen (secondary N) is 2. The molecule has 1 heterocycles. The van der Waals surface area contributed by atoms with E-state index < -0.39 is 10.0 Å². The third-order valence-corrected chi connectivity index (χ3v) is 4.73. The van der Waals surface area contributed by atoms with Gasteiger partial charge in [0.2, 0.25) is 0 Å². The summed E-state index contributed by atoms with van der Waals surface area (Å²) in [6.07, 6.45) is 1.56. The predicted molar refractivity (Wildman–Crippen MR) is 81.3 cm³/mol. The minimum Gasteiger partial charge on any atom is -0.310 e. The first-order valence-corrected chi connectivity index (χ1v) is 8.58. The smallest absolute Gasteiger partial charge is 0.263 e. The van der Waals surface area contributed by atoms with Gasteiger partial charge < -0.3 is 5.32 Å². The highest BCUT2D eigenvalue weighted by molar-refractivity contribution is 7.93. The molecule has 0 spiro atoms. The number of benzene rings is 1. The van der Waals surface area contributed by atoms with Gasteiger partial charge in [0, 0.05) is 24.2 Å². The van der Waals surface area contributed by atoms with Crippen molar-refractivity contribution < 1.29 is 8.42 Å². The van der Waals surface area contributed by atoms with Gasteiger partial charge in [0.1, 0.15) is 0 Å². The average molecular weight is 311 g/mol. The van der Waals surface area contributed by atoms with Crippen LogP contribution in [-0.4, -0.2) is 19.4 Å². The van der Waals surface area contributed by atoms with Crippen LogP contribution in [0.1, 0.15) is 19.4 Å². The van der Waals surface area contributed by atoms with Gasteiger partial charge in [-0.3, -0.25) is 4.72 Å². The van der Waals surface area contributed by atoms with E-state index in [4.69, 9.17) is 0 Å². The fraction of sp³-hybridized carbons (Fsp3) is 0.308. The summed E-state index contributed by atoms with van der Waals surface area (Å²) in [5.74, 6) is 0. The van der Waals surface area contributed by atoms with Gasteiger partial charge >= 0.3 is 0 Å². The minimum atomic E-state index is -3.57. The van der Waals surface area contributed by atoms with Crippen LogP contribution < -0.4 is 10.0 Å². The van der Waals surface area contributed by atoms with E-state index in [1.807, 2.05) is 19.9 Å². The molecule has 0 radical (unpaired) electrons. The van der Waals surface area contributed by atoms with Crippen molar-refractivity contribution in [3.8, 4) is 0 Å². The lowest BCUT2D eigenvalue weighted by Gasteiger charge is -2.10. The maximum absolute atomic E-state index is 12.2. The SMILES string of the molecule is CC(C)NCc1cccc(S(=O)(=O)Nc2nccs2)c1. The second-order valence-corrected chi connectivity index (χ2v) is 7.20. The molecule has 0 aliphatic heterocycles. The van der Waals surface area contributed by atoms with Crippen molar-refractivity contribution >= 4 is 26.5 Å². The van der Waals surface area contributed by atoms with E-state index in [2.05, 4.69) is 15.0 Å². The van der Waals surface area contributed by atoms with Gasteiger partial charge in [0.25, 0.3) is 10.0 Å². The summed E-state index contributed by atoms with van der Waals surface area (Å²) >= 11 is 1.25. The topological polar surface area (TPSA) is 71.1 Å². The zero-order valence-corrected chi connectivity index (χ0v) is 13.0. The maximum Gasteiger partial charge on any atom is 0.263 e. The van der Waals surface area contributed by atoms with Crippen LogP contribution in [0.4, 0.5) is 5.13 Å². The van der Waals surface area contributed by atoms with E-state index in [0.29, 0.717) is 17.7 Å². The Bertz CT molecular complexity index is 652. The van der Waals surface area contributed by atoms with E-state index in [9.17, 15) is 8.42 Å². The Morgan fingerprint density at radius 2 is 2.15 bits per heavy atom. The Kier molecular flexibility index (Phi) is 4.74. The van der Waals surface area contributed by atoms with Gasteiger partial charge in [0.15, 0.2) is 5.13 Å². The molecule has 20 heavy (non-hydrogen) atoms. The number of nitrogens with zero attached hydrogens (tertiary/aromatic N) is 1. The third kappa shape index (κ3) is 4.03. The van der Waals surface area contributed by atoms with Crippen molar-refractivity contribution in [2.45, 2.75) is 31.3 Å². The quantitative estimate of drug-likeness (QED) is 0.859. The molecule has 0 unspecified atom stereocenters. The summed E-state index contributed by atoms with van der Waals surface area (Å²) in [6.45, 7) is 4.73. The normalized spacial score (nSPS) is 11.8. The van der Waals surface area contributed by atoms with Crippen LogP contribution in [0, 0.1) is 0 Å². The Hall–Kier alpha value is -1.44. The van der Waals surface area contributed by atoms with Crippen LogP contribution in [-0.2, 0) is 16.6 Å². The van der Waals surface area contributed by atoms with Crippen molar-refractivity contribution in [1.29, 1.82) is 0 Å². The second-order valence-electron chi connectivity index (χ2n) is 4.63. The van der Waals surface area contributed by atoms with Gasteiger partial charge in [0.05, 0.1) is 4.90 Å². The van der Waals surface area contributed by atoms with Crippen LogP contribution in [0.5, 0.6) is 0 Å². The monoisotopic (exact) mass is 311 g/mol. The Morgan fingerprint density at radius 3 is 2.80 bits per heavy atom. The Labute approximate surface area is 123 Å². The average Bonchev–Trinajstić information content (AvgIpc) is 2.89. The lowest BCUT2D eigenvalue weighted by molar-refractivity contribution is 0.587. The second kappa shape index (κ2) is 6.34. The lowest BCUT2D eigenvalue weighted by Crippen LogP contribution is -2.22. The first-order valence-electron chi connectivity index (χ1n) is 6.22. The van der Waals surface area contributed by atoms with Gasteiger partial charge in [-0.1, -0.05) is 26.0 Å². The molecule has 0 amide bonds. The molecular weight excluding hydrogens is 294 g/mol. The summed E-state index contributed by atoms with van der Waals surface area (Å²) in [7, 11) is -3.57. The third-order valence-electron chi connectivity index (χ3n) is 2.58. The fourth-order valence-electron chi connectivity index (χ4n) is 1.59. The van der Waals surface area contributed by atoms with Gasteiger partial charge in [-0.05, 0) is 17.7 Å². The molecule has 108 valence electrons. The molecular formula is C13H17N3O2S2. The first kappa shape index (κ1) is 15.0. The number of aromatic nitrogens is 1. The van der Waals surface area contributed by atoms with Gasteiger partial charge in [-0.25, -0.2) is 13.4 Å². The molecule has 1 aromatic carbocycles. The van der Waals surface area contributed by atoms with E-state index in [0.717, 1.165) is 5.56 Å². The summed E-state index contributed by atoms with van der Waals surface area (Å²) in [5.41, 5.74) is 0.931. The molecule has 0 fully saturated rings. The molecule has 5 nitrogen and oxygen atoms in total. The highest BCUT2D eigenvalue weighted by Gasteiger charge is 2.15. The van der Waals surface area contributed by atoms with Crippen molar-refractivity contribution in [2.75, 3.05) is 4.72 Å². The Balaban J connectivity index is 2.17. The van der Waals surface area contributed by atoms with Crippen molar-refractivity contribution in [3.05, 3.63) is 41.4 Å². The van der Waals surface area contributed by atoms with Crippen LogP contribution >= 0.6 is 11.3 Å². The van der Waals surface area contributed by atoms with Crippen LogP contribution in [0.15, 0.2) is 40.7 Å². The molecule has 0 atom stereocenters. The molecule has 2 rings (SSSR count). The zero-order valence-electron chi connectivity index (χ0n) is 11.3.